The van der Waals surface area contributed by atoms with E-state index < -0.39 is 0 Å². The first-order valence-corrected chi connectivity index (χ1v) is 10.7. The quantitative estimate of drug-likeness (QED) is 0.800. The van der Waals surface area contributed by atoms with Gasteiger partial charge in [0.15, 0.2) is 0 Å². The minimum atomic E-state index is -0.359. The van der Waals surface area contributed by atoms with Crippen molar-refractivity contribution >= 4 is 5.91 Å². The van der Waals surface area contributed by atoms with E-state index in [4.69, 9.17) is 5.73 Å². The second kappa shape index (κ2) is 8.74. The fraction of sp³-hybridized carbons (Fsp3) is 0.696. The molecule has 1 aromatic carbocycles. The van der Waals surface area contributed by atoms with Gasteiger partial charge in [-0.2, -0.15) is 0 Å². The number of aliphatic hydroxyl groups excluding tert-OH is 1. The SMILES string of the molecule is C[C@H]1CN(CCC(O)C2CCCCC2)CC[C@@]1(C)c1cccc(C(N)=O)c1. The molecule has 1 aliphatic carbocycles. The molecule has 0 aromatic heterocycles. The molecule has 3 N–H and O–H groups in total. The maximum atomic E-state index is 11.5. The van der Waals surface area contributed by atoms with Gasteiger partial charge in [0.25, 0.3) is 0 Å². The fourth-order valence-corrected chi connectivity index (χ4v) is 5.05. The molecule has 3 atom stereocenters. The Hall–Kier alpha value is -1.39. The number of primary amides is 1. The first kappa shape index (κ1) is 20.3. The molecule has 4 heteroatoms. The molecule has 1 aromatic rings. The monoisotopic (exact) mass is 372 g/mol. The molecule has 150 valence electrons. The Morgan fingerprint density at radius 2 is 2.07 bits per heavy atom. The van der Waals surface area contributed by atoms with Crippen LogP contribution in [0.3, 0.4) is 0 Å². The number of amides is 1. The summed E-state index contributed by atoms with van der Waals surface area (Å²) in [5.74, 6) is 0.645. The number of likely N-dealkylation sites (tertiary alicyclic amines) is 1. The Balaban J connectivity index is 1.56. The highest BCUT2D eigenvalue weighted by Gasteiger charge is 2.38. The molecule has 2 aliphatic rings. The summed E-state index contributed by atoms with van der Waals surface area (Å²) in [6, 6.07) is 7.84. The van der Waals surface area contributed by atoms with E-state index in [2.05, 4.69) is 24.8 Å². The highest BCUT2D eigenvalue weighted by atomic mass is 16.3. The average molecular weight is 373 g/mol. The van der Waals surface area contributed by atoms with Crippen LogP contribution in [0, 0.1) is 11.8 Å². The molecule has 3 rings (SSSR count). The van der Waals surface area contributed by atoms with Crippen LogP contribution in [-0.4, -0.2) is 41.7 Å². The lowest BCUT2D eigenvalue weighted by molar-refractivity contribution is 0.0502. The minimum absolute atomic E-state index is 0.0595. The number of hydrogen-bond acceptors (Lipinski definition) is 3. The van der Waals surface area contributed by atoms with Crippen molar-refractivity contribution in [3.8, 4) is 0 Å². The number of nitrogens with zero attached hydrogens (tertiary/aromatic N) is 1. The summed E-state index contributed by atoms with van der Waals surface area (Å²) < 4.78 is 0. The van der Waals surface area contributed by atoms with Gasteiger partial charge in [-0.15, -0.1) is 0 Å². The fourth-order valence-electron chi connectivity index (χ4n) is 5.05. The standard InChI is InChI=1S/C23H36N2O2/c1-17-16-25(13-11-21(26)18-7-4-3-5-8-18)14-12-23(17,2)20-10-6-9-19(15-20)22(24)27/h6,9-10,15,17-18,21,26H,3-5,7-8,11-14,16H2,1-2H3,(H2,24,27)/t17-,21?,23+/m0/s1. The minimum Gasteiger partial charge on any atom is -0.393 e. The molecule has 27 heavy (non-hydrogen) atoms. The van der Waals surface area contributed by atoms with Crippen molar-refractivity contribution in [2.45, 2.75) is 70.3 Å². The van der Waals surface area contributed by atoms with Crippen LogP contribution in [0.4, 0.5) is 0 Å². The number of benzene rings is 1. The largest absolute Gasteiger partial charge is 0.393 e. The molecular formula is C23H36N2O2. The summed E-state index contributed by atoms with van der Waals surface area (Å²) >= 11 is 0. The van der Waals surface area contributed by atoms with Gasteiger partial charge in [0.1, 0.15) is 0 Å². The molecule has 0 spiro atoms. The van der Waals surface area contributed by atoms with Gasteiger partial charge in [-0.3, -0.25) is 4.79 Å². The smallest absolute Gasteiger partial charge is 0.248 e. The summed E-state index contributed by atoms with van der Waals surface area (Å²) in [7, 11) is 0. The number of carbonyl (C=O) groups is 1. The van der Waals surface area contributed by atoms with Gasteiger partial charge >= 0.3 is 0 Å². The summed E-state index contributed by atoms with van der Waals surface area (Å²) in [4.78, 5) is 14.1. The van der Waals surface area contributed by atoms with Crippen molar-refractivity contribution in [2.24, 2.45) is 17.6 Å². The second-order valence-electron chi connectivity index (χ2n) is 9.07. The number of rotatable bonds is 6. The van der Waals surface area contributed by atoms with Gasteiger partial charge in [0.2, 0.25) is 5.91 Å². The van der Waals surface area contributed by atoms with Gasteiger partial charge in [0.05, 0.1) is 6.10 Å². The third-order valence-electron chi connectivity index (χ3n) is 7.31. The zero-order valence-electron chi connectivity index (χ0n) is 17.0. The van der Waals surface area contributed by atoms with Gasteiger partial charge in [-0.25, -0.2) is 0 Å². The van der Waals surface area contributed by atoms with E-state index in [-0.39, 0.29) is 17.4 Å². The lowest BCUT2D eigenvalue weighted by atomic mass is 9.67. The summed E-state index contributed by atoms with van der Waals surface area (Å²) in [5, 5.41) is 10.6. The van der Waals surface area contributed by atoms with E-state index >= 15 is 0 Å². The van der Waals surface area contributed by atoms with E-state index in [0.29, 0.717) is 17.4 Å². The predicted octanol–water partition coefficient (Wildman–Crippen LogP) is 3.72. The molecule has 1 saturated heterocycles. The van der Waals surface area contributed by atoms with Crippen LogP contribution < -0.4 is 5.73 Å². The molecule has 4 nitrogen and oxygen atoms in total. The molecule has 0 radical (unpaired) electrons. The van der Waals surface area contributed by atoms with Crippen molar-refractivity contribution in [1.82, 2.24) is 4.90 Å². The van der Waals surface area contributed by atoms with Crippen molar-refractivity contribution in [3.63, 3.8) is 0 Å². The van der Waals surface area contributed by atoms with Crippen molar-refractivity contribution in [1.29, 1.82) is 0 Å². The number of carbonyl (C=O) groups excluding carboxylic acids is 1. The van der Waals surface area contributed by atoms with E-state index in [1.807, 2.05) is 12.1 Å². The van der Waals surface area contributed by atoms with Crippen LogP contribution in [0.1, 0.15) is 74.7 Å². The Bertz CT molecular complexity index is 641. The lowest BCUT2D eigenvalue weighted by Gasteiger charge is -2.45. The van der Waals surface area contributed by atoms with E-state index in [9.17, 15) is 9.90 Å². The molecule has 1 amide bonds. The zero-order chi connectivity index (χ0) is 19.4. The molecule has 2 fully saturated rings. The van der Waals surface area contributed by atoms with Gasteiger partial charge in [-0.05, 0) is 67.2 Å². The first-order chi connectivity index (χ1) is 12.9. The zero-order valence-corrected chi connectivity index (χ0v) is 17.0. The highest BCUT2D eigenvalue weighted by Crippen LogP contribution is 2.39. The van der Waals surface area contributed by atoms with Gasteiger partial charge in [-0.1, -0.05) is 45.2 Å². The first-order valence-electron chi connectivity index (χ1n) is 10.7. The van der Waals surface area contributed by atoms with Crippen LogP contribution in [0.15, 0.2) is 24.3 Å². The van der Waals surface area contributed by atoms with E-state index in [1.54, 1.807) is 6.07 Å². The Morgan fingerprint density at radius 3 is 2.74 bits per heavy atom. The van der Waals surface area contributed by atoms with Crippen LogP contribution in [0.2, 0.25) is 0 Å². The third kappa shape index (κ3) is 4.72. The Kier molecular flexibility index (Phi) is 6.59. The third-order valence-corrected chi connectivity index (χ3v) is 7.31. The molecular weight excluding hydrogens is 336 g/mol. The van der Waals surface area contributed by atoms with Crippen molar-refractivity contribution in [3.05, 3.63) is 35.4 Å². The van der Waals surface area contributed by atoms with Crippen molar-refractivity contribution in [2.75, 3.05) is 19.6 Å². The summed E-state index contributed by atoms with van der Waals surface area (Å²) in [6.07, 6.45) is 8.12. The Morgan fingerprint density at radius 1 is 1.33 bits per heavy atom. The van der Waals surface area contributed by atoms with E-state index in [0.717, 1.165) is 32.5 Å². The number of aliphatic hydroxyl groups is 1. The van der Waals surface area contributed by atoms with Crippen LogP contribution in [-0.2, 0) is 5.41 Å². The topological polar surface area (TPSA) is 66.6 Å². The maximum Gasteiger partial charge on any atom is 0.248 e. The summed E-state index contributed by atoms with van der Waals surface area (Å²) in [5.41, 5.74) is 7.34. The van der Waals surface area contributed by atoms with Crippen LogP contribution in [0.25, 0.3) is 0 Å². The van der Waals surface area contributed by atoms with Crippen LogP contribution in [0.5, 0.6) is 0 Å². The normalized spacial score (nSPS) is 28.8. The van der Waals surface area contributed by atoms with Gasteiger partial charge < -0.3 is 15.7 Å². The molecule has 1 unspecified atom stereocenters. The average Bonchev–Trinajstić information content (AvgIpc) is 2.69. The van der Waals surface area contributed by atoms with Crippen molar-refractivity contribution < 1.29 is 9.90 Å². The molecule has 1 saturated carbocycles. The number of nitrogens with two attached hydrogens (primary N) is 1. The van der Waals surface area contributed by atoms with Gasteiger partial charge in [0, 0.05) is 18.7 Å². The summed E-state index contributed by atoms with van der Waals surface area (Å²) in [6.45, 7) is 7.68. The van der Waals surface area contributed by atoms with E-state index in [1.165, 1.54) is 37.7 Å². The number of hydrogen-bond donors (Lipinski definition) is 2. The molecule has 1 aliphatic heterocycles. The lowest BCUT2D eigenvalue weighted by Crippen LogP contribution is -2.48. The Labute approximate surface area is 164 Å². The maximum absolute atomic E-state index is 11.5. The second-order valence-corrected chi connectivity index (χ2v) is 9.07. The molecule has 1 heterocycles. The number of piperidine rings is 1. The highest BCUT2D eigenvalue weighted by molar-refractivity contribution is 5.92. The van der Waals surface area contributed by atoms with Crippen LogP contribution >= 0.6 is 0 Å². The molecule has 0 bridgehead atoms. The predicted molar refractivity (Wildman–Crippen MR) is 110 cm³/mol.